The molecule has 0 radical (unpaired) electrons. The van der Waals surface area contributed by atoms with Crippen molar-refractivity contribution in [3.63, 3.8) is 0 Å². The summed E-state index contributed by atoms with van der Waals surface area (Å²) in [6, 6.07) is 8.39. The van der Waals surface area contributed by atoms with Crippen LogP contribution in [0.1, 0.15) is 18.4 Å². The first-order valence-electron chi connectivity index (χ1n) is 5.42. The molecule has 1 fully saturated rings. The molecule has 1 aromatic carbocycles. The first kappa shape index (κ1) is 10.0. The summed E-state index contributed by atoms with van der Waals surface area (Å²) in [5.41, 5.74) is 7.77. The van der Waals surface area contributed by atoms with E-state index in [0.29, 0.717) is 6.42 Å². The summed E-state index contributed by atoms with van der Waals surface area (Å²) in [5, 5.41) is 7.22. The molecule has 3 heteroatoms. The second kappa shape index (κ2) is 4.34. The van der Waals surface area contributed by atoms with Gasteiger partial charge in [0.25, 0.3) is 0 Å². The molecule has 0 unspecified atom stereocenters. The number of hydrogen-bond donors (Lipinski definition) is 2. The van der Waals surface area contributed by atoms with Crippen molar-refractivity contribution in [2.45, 2.75) is 19.3 Å². The molecule has 80 valence electrons. The molecule has 2 rings (SSSR count). The molecule has 1 aliphatic heterocycles. The Labute approximate surface area is 90.4 Å². The van der Waals surface area contributed by atoms with Crippen molar-refractivity contribution in [3.05, 3.63) is 29.8 Å². The number of hydrogen-bond acceptors (Lipinski definition) is 2. The van der Waals surface area contributed by atoms with E-state index in [2.05, 4.69) is 29.2 Å². The predicted octanol–water partition coefficient (Wildman–Crippen LogP) is 1.77. The van der Waals surface area contributed by atoms with E-state index in [4.69, 9.17) is 11.1 Å². The van der Waals surface area contributed by atoms with E-state index < -0.39 is 0 Å². The maximum absolute atomic E-state index is 7.22. The third-order valence-electron chi connectivity index (χ3n) is 2.80. The van der Waals surface area contributed by atoms with Gasteiger partial charge < -0.3 is 10.6 Å². The third-order valence-corrected chi connectivity index (χ3v) is 2.80. The topological polar surface area (TPSA) is 53.1 Å². The Balaban J connectivity index is 2.06. The molecule has 0 saturated carbocycles. The number of rotatable bonds is 3. The Bertz CT molecular complexity index is 336. The zero-order valence-electron chi connectivity index (χ0n) is 8.87. The normalized spacial score (nSPS) is 15.6. The lowest BCUT2D eigenvalue weighted by molar-refractivity contribution is 0.949. The van der Waals surface area contributed by atoms with Gasteiger partial charge in [0.2, 0.25) is 0 Å². The van der Waals surface area contributed by atoms with Gasteiger partial charge in [-0.05, 0) is 30.5 Å². The van der Waals surface area contributed by atoms with E-state index in [-0.39, 0.29) is 5.84 Å². The van der Waals surface area contributed by atoms with Gasteiger partial charge >= 0.3 is 0 Å². The zero-order chi connectivity index (χ0) is 10.7. The van der Waals surface area contributed by atoms with Crippen LogP contribution in [0.4, 0.5) is 5.69 Å². The van der Waals surface area contributed by atoms with Gasteiger partial charge in [0.05, 0.1) is 5.84 Å². The highest BCUT2D eigenvalue weighted by Crippen LogP contribution is 2.20. The smallest absolute Gasteiger partial charge is 0.0950 e. The number of nitrogens with zero attached hydrogens (tertiary/aromatic N) is 1. The molecule has 0 atom stereocenters. The van der Waals surface area contributed by atoms with Crippen LogP contribution in [0.2, 0.25) is 0 Å². The molecule has 1 saturated heterocycles. The van der Waals surface area contributed by atoms with Crippen LogP contribution in [0.25, 0.3) is 0 Å². The quantitative estimate of drug-likeness (QED) is 0.581. The average Bonchev–Trinajstić information content (AvgIpc) is 2.71. The Morgan fingerprint density at radius 3 is 2.33 bits per heavy atom. The van der Waals surface area contributed by atoms with E-state index in [1.807, 2.05) is 0 Å². The molecule has 0 amide bonds. The number of anilines is 1. The van der Waals surface area contributed by atoms with Crippen molar-refractivity contribution >= 4 is 11.5 Å². The molecule has 15 heavy (non-hydrogen) atoms. The molecule has 0 spiro atoms. The van der Waals surface area contributed by atoms with E-state index in [1.165, 1.54) is 31.6 Å². The van der Waals surface area contributed by atoms with E-state index in [9.17, 15) is 0 Å². The van der Waals surface area contributed by atoms with Crippen molar-refractivity contribution < 1.29 is 0 Å². The minimum Gasteiger partial charge on any atom is -0.387 e. The highest BCUT2D eigenvalue weighted by molar-refractivity contribution is 5.79. The molecule has 1 heterocycles. The van der Waals surface area contributed by atoms with Gasteiger partial charge in [-0.1, -0.05) is 12.1 Å². The fourth-order valence-corrected chi connectivity index (χ4v) is 2.02. The molecule has 3 N–H and O–H groups in total. The molecule has 0 bridgehead atoms. The van der Waals surface area contributed by atoms with Crippen LogP contribution in [0.5, 0.6) is 0 Å². The Morgan fingerprint density at radius 1 is 1.20 bits per heavy atom. The van der Waals surface area contributed by atoms with E-state index >= 15 is 0 Å². The first-order valence-corrected chi connectivity index (χ1v) is 5.42. The molecular formula is C12H17N3. The molecule has 0 aromatic heterocycles. The van der Waals surface area contributed by atoms with Crippen LogP contribution in [0.3, 0.4) is 0 Å². The van der Waals surface area contributed by atoms with E-state index in [0.717, 1.165) is 5.56 Å². The number of benzene rings is 1. The summed E-state index contributed by atoms with van der Waals surface area (Å²) in [6.45, 7) is 2.35. The van der Waals surface area contributed by atoms with Gasteiger partial charge in [0.1, 0.15) is 0 Å². The van der Waals surface area contributed by atoms with Crippen molar-refractivity contribution in [1.82, 2.24) is 0 Å². The van der Waals surface area contributed by atoms with Gasteiger partial charge in [0, 0.05) is 25.2 Å². The number of nitrogens with one attached hydrogen (secondary N) is 1. The highest BCUT2D eigenvalue weighted by Gasteiger charge is 2.11. The lowest BCUT2D eigenvalue weighted by Crippen LogP contribution is -2.17. The summed E-state index contributed by atoms with van der Waals surface area (Å²) in [7, 11) is 0. The maximum atomic E-state index is 7.22. The van der Waals surface area contributed by atoms with Crippen LogP contribution in [-0.2, 0) is 6.42 Å². The minimum absolute atomic E-state index is 0.226. The van der Waals surface area contributed by atoms with Crippen LogP contribution in [0, 0.1) is 5.41 Å². The Kier molecular flexibility index (Phi) is 2.90. The van der Waals surface area contributed by atoms with Gasteiger partial charge in [-0.15, -0.1) is 0 Å². The van der Waals surface area contributed by atoms with E-state index in [1.54, 1.807) is 0 Å². The molecular weight excluding hydrogens is 186 g/mol. The average molecular weight is 203 g/mol. The first-order chi connectivity index (χ1) is 7.25. The second-order valence-electron chi connectivity index (χ2n) is 4.06. The summed E-state index contributed by atoms with van der Waals surface area (Å²) in [6.07, 6.45) is 3.16. The van der Waals surface area contributed by atoms with Gasteiger partial charge in [-0.25, -0.2) is 0 Å². The number of nitrogens with two attached hydrogens (primary N) is 1. The SMILES string of the molecule is N=C(N)Cc1ccc(N2CCCC2)cc1. The van der Waals surface area contributed by atoms with Crippen LogP contribution < -0.4 is 10.6 Å². The fraction of sp³-hybridized carbons (Fsp3) is 0.417. The van der Waals surface area contributed by atoms with Crippen LogP contribution in [-0.4, -0.2) is 18.9 Å². The molecule has 1 aliphatic rings. The lowest BCUT2D eigenvalue weighted by atomic mass is 10.1. The Morgan fingerprint density at radius 2 is 1.80 bits per heavy atom. The van der Waals surface area contributed by atoms with Crippen molar-refractivity contribution in [3.8, 4) is 0 Å². The van der Waals surface area contributed by atoms with Crippen LogP contribution >= 0.6 is 0 Å². The molecule has 0 aliphatic carbocycles. The molecule has 3 nitrogen and oxygen atoms in total. The van der Waals surface area contributed by atoms with Gasteiger partial charge in [-0.3, -0.25) is 5.41 Å². The highest BCUT2D eigenvalue weighted by atomic mass is 15.1. The summed E-state index contributed by atoms with van der Waals surface area (Å²) < 4.78 is 0. The monoisotopic (exact) mass is 203 g/mol. The maximum Gasteiger partial charge on any atom is 0.0950 e. The fourth-order valence-electron chi connectivity index (χ4n) is 2.02. The number of amidine groups is 1. The van der Waals surface area contributed by atoms with Crippen molar-refractivity contribution in [2.75, 3.05) is 18.0 Å². The van der Waals surface area contributed by atoms with Crippen molar-refractivity contribution in [1.29, 1.82) is 5.41 Å². The second-order valence-corrected chi connectivity index (χ2v) is 4.06. The van der Waals surface area contributed by atoms with Crippen LogP contribution in [0.15, 0.2) is 24.3 Å². The lowest BCUT2D eigenvalue weighted by Gasteiger charge is -2.17. The molecule has 1 aromatic rings. The van der Waals surface area contributed by atoms with Gasteiger partial charge in [0.15, 0.2) is 0 Å². The summed E-state index contributed by atoms with van der Waals surface area (Å²) in [5.74, 6) is 0.226. The predicted molar refractivity (Wildman–Crippen MR) is 63.5 cm³/mol. The van der Waals surface area contributed by atoms with Crippen molar-refractivity contribution in [2.24, 2.45) is 5.73 Å². The van der Waals surface area contributed by atoms with Gasteiger partial charge in [-0.2, -0.15) is 0 Å². The Hall–Kier alpha value is -1.51. The summed E-state index contributed by atoms with van der Waals surface area (Å²) >= 11 is 0. The summed E-state index contributed by atoms with van der Waals surface area (Å²) in [4.78, 5) is 2.40. The third kappa shape index (κ3) is 2.49. The minimum atomic E-state index is 0.226. The largest absolute Gasteiger partial charge is 0.387 e. The standard InChI is InChI=1S/C12H17N3/c13-12(14)9-10-3-5-11(6-4-10)15-7-1-2-8-15/h3-6H,1-2,7-9H2,(H3,13,14). The zero-order valence-corrected chi connectivity index (χ0v) is 8.87.